The molecule has 1 amide bonds. The molecule has 1 aliphatic rings. The zero-order valence-corrected chi connectivity index (χ0v) is 26.6. The number of carbonyl (C=O) groups is 2. The van der Waals surface area contributed by atoms with Gasteiger partial charge in [-0.05, 0) is 69.0 Å². The summed E-state index contributed by atoms with van der Waals surface area (Å²) in [6.07, 6.45) is 8.75. The largest absolute Gasteiger partial charge is 0.480 e. The maximum atomic E-state index is 15.1. The lowest BCUT2D eigenvalue weighted by atomic mass is 9.93. The van der Waals surface area contributed by atoms with Crippen molar-refractivity contribution in [2.24, 2.45) is 7.05 Å². The highest BCUT2D eigenvalue weighted by Crippen LogP contribution is 2.35. The minimum Gasteiger partial charge on any atom is -0.480 e. The van der Waals surface area contributed by atoms with Crippen molar-refractivity contribution in [3.05, 3.63) is 89.5 Å². The summed E-state index contributed by atoms with van der Waals surface area (Å²) in [7, 11) is 5.13. The van der Waals surface area contributed by atoms with Crippen LogP contribution in [0.4, 0.5) is 14.5 Å². The molecular weight excluding hydrogens is 606 g/mol. The van der Waals surface area contributed by atoms with E-state index in [1.807, 2.05) is 30.7 Å². The van der Waals surface area contributed by atoms with Gasteiger partial charge in [0.05, 0.1) is 24.4 Å². The number of imidazole rings is 1. The van der Waals surface area contributed by atoms with Crippen LogP contribution in [0.1, 0.15) is 47.6 Å². The second-order valence-electron chi connectivity index (χ2n) is 11.7. The van der Waals surface area contributed by atoms with Crippen molar-refractivity contribution in [3.63, 3.8) is 0 Å². The molecule has 0 spiro atoms. The van der Waals surface area contributed by atoms with E-state index in [9.17, 15) is 9.59 Å². The first-order valence-corrected chi connectivity index (χ1v) is 15.4. The molecule has 6 rings (SSSR count). The Kier molecular flexibility index (Phi) is 9.15. The SMILES string of the molecule is COc1nc2c(cc1-c1cccn3c(C(=O)c4cc(F)c(NC(=O)/C=C/CNC5CCC(OC)CC5)c(F)c4)ccc13)nc(C)n2C. The highest BCUT2D eigenvalue weighted by Gasteiger charge is 2.23. The van der Waals surface area contributed by atoms with Crippen LogP contribution in [0.25, 0.3) is 27.8 Å². The average molecular weight is 643 g/mol. The van der Waals surface area contributed by atoms with E-state index in [2.05, 4.69) is 20.6 Å². The third-order valence-electron chi connectivity index (χ3n) is 8.80. The first kappa shape index (κ1) is 32.0. The van der Waals surface area contributed by atoms with Gasteiger partial charge in [-0.3, -0.25) is 9.59 Å². The van der Waals surface area contributed by atoms with Gasteiger partial charge in [0, 0.05) is 55.7 Å². The van der Waals surface area contributed by atoms with Crippen LogP contribution < -0.4 is 15.4 Å². The van der Waals surface area contributed by atoms with Gasteiger partial charge in [0.2, 0.25) is 17.6 Å². The zero-order valence-electron chi connectivity index (χ0n) is 26.6. The molecule has 5 aromatic rings. The van der Waals surface area contributed by atoms with Gasteiger partial charge >= 0.3 is 0 Å². The average Bonchev–Trinajstić information content (AvgIpc) is 3.63. The molecule has 0 saturated heterocycles. The Balaban J connectivity index is 1.19. The monoisotopic (exact) mass is 642 g/mol. The summed E-state index contributed by atoms with van der Waals surface area (Å²) in [5.74, 6) is -2.20. The molecule has 0 bridgehead atoms. The van der Waals surface area contributed by atoms with Crippen LogP contribution in [-0.2, 0) is 16.6 Å². The Labute approximate surface area is 270 Å². The number of carbonyl (C=O) groups excluding carboxylic acids is 2. The van der Waals surface area contributed by atoms with E-state index in [-0.39, 0.29) is 11.3 Å². The van der Waals surface area contributed by atoms with Gasteiger partial charge in [0.25, 0.3) is 0 Å². The van der Waals surface area contributed by atoms with Gasteiger partial charge in [-0.1, -0.05) is 12.1 Å². The number of nitrogens with one attached hydrogen (secondary N) is 2. The molecule has 4 heterocycles. The number of ether oxygens (including phenoxy) is 2. The maximum absolute atomic E-state index is 15.1. The molecule has 1 aliphatic carbocycles. The molecule has 244 valence electrons. The molecule has 12 heteroatoms. The van der Waals surface area contributed by atoms with Gasteiger partial charge in [0.1, 0.15) is 28.7 Å². The maximum Gasteiger partial charge on any atom is 0.248 e. The lowest BCUT2D eigenvalue weighted by Gasteiger charge is -2.27. The Morgan fingerprint density at radius 1 is 1.02 bits per heavy atom. The van der Waals surface area contributed by atoms with E-state index in [0.29, 0.717) is 46.8 Å². The first-order valence-electron chi connectivity index (χ1n) is 15.4. The molecule has 0 aliphatic heterocycles. The van der Waals surface area contributed by atoms with Crippen LogP contribution >= 0.6 is 0 Å². The van der Waals surface area contributed by atoms with E-state index >= 15 is 8.78 Å². The standard InChI is InChI=1S/C35H36F2N6O4/c1-20-39-28-19-25(35(47-4)41-34(28)42(20)2)24-7-6-16-43-29(24)13-14-30(43)33(45)21-17-26(36)32(27(37)18-21)40-31(44)8-5-15-38-22-9-11-23(46-3)12-10-22/h5-8,13-14,16-19,22-23,38H,9-12,15H2,1-4H3,(H,40,44)/b8-5+. The number of pyridine rings is 2. The molecule has 4 aromatic heterocycles. The summed E-state index contributed by atoms with van der Waals surface area (Å²) in [6.45, 7) is 2.33. The number of nitrogens with zero attached hydrogens (tertiary/aromatic N) is 4. The van der Waals surface area contributed by atoms with Crippen molar-refractivity contribution in [1.82, 2.24) is 24.3 Å². The quantitative estimate of drug-likeness (QED) is 0.147. The number of amides is 1. The number of hydrogen-bond donors (Lipinski definition) is 2. The molecule has 47 heavy (non-hydrogen) atoms. The molecule has 10 nitrogen and oxygen atoms in total. The van der Waals surface area contributed by atoms with Gasteiger partial charge in [-0.2, -0.15) is 4.98 Å². The highest BCUT2D eigenvalue weighted by atomic mass is 19.1. The third kappa shape index (κ3) is 6.38. The molecular formula is C35H36F2N6O4. The van der Waals surface area contributed by atoms with Crippen LogP contribution in [0, 0.1) is 18.6 Å². The summed E-state index contributed by atoms with van der Waals surface area (Å²) in [5.41, 5.74) is 2.82. The zero-order chi connectivity index (χ0) is 33.2. The van der Waals surface area contributed by atoms with Crippen LogP contribution in [-0.4, -0.2) is 63.5 Å². The number of ketones is 1. The van der Waals surface area contributed by atoms with Crippen molar-refractivity contribution in [1.29, 1.82) is 0 Å². The summed E-state index contributed by atoms with van der Waals surface area (Å²) < 4.78 is 44.8. The van der Waals surface area contributed by atoms with Gasteiger partial charge < -0.3 is 29.1 Å². The number of aryl methyl sites for hydroxylation is 2. The van der Waals surface area contributed by atoms with E-state index in [4.69, 9.17) is 9.47 Å². The Hall–Kier alpha value is -4.94. The normalized spacial score (nSPS) is 16.7. The van der Waals surface area contributed by atoms with E-state index in [0.717, 1.165) is 49.2 Å². The predicted octanol–water partition coefficient (Wildman–Crippen LogP) is 5.76. The van der Waals surface area contributed by atoms with Gasteiger partial charge in [-0.25, -0.2) is 13.8 Å². The second kappa shape index (κ2) is 13.4. The fourth-order valence-electron chi connectivity index (χ4n) is 6.15. The number of methoxy groups -OCH3 is 2. The Bertz CT molecular complexity index is 1990. The van der Waals surface area contributed by atoms with Crippen molar-refractivity contribution < 1.29 is 27.8 Å². The molecule has 0 radical (unpaired) electrons. The Morgan fingerprint density at radius 3 is 2.47 bits per heavy atom. The smallest absolute Gasteiger partial charge is 0.248 e. The number of benzene rings is 1. The van der Waals surface area contributed by atoms with Crippen LogP contribution in [0.5, 0.6) is 5.88 Å². The molecule has 1 fully saturated rings. The highest BCUT2D eigenvalue weighted by molar-refractivity contribution is 6.09. The fraction of sp³-hybridized carbons (Fsp3) is 0.314. The molecule has 1 saturated carbocycles. The molecule has 2 N–H and O–H groups in total. The summed E-state index contributed by atoms with van der Waals surface area (Å²) in [5, 5.41) is 5.61. The van der Waals surface area contributed by atoms with E-state index in [1.165, 1.54) is 13.2 Å². The lowest BCUT2D eigenvalue weighted by molar-refractivity contribution is -0.112. The van der Waals surface area contributed by atoms with Crippen molar-refractivity contribution in [3.8, 4) is 17.0 Å². The number of rotatable bonds is 10. The number of anilines is 1. The van der Waals surface area contributed by atoms with Gasteiger partial charge in [-0.15, -0.1) is 0 Å². The fourth-order valence-corrected chi connectivity index (χ4v) is 6.15. The molecule has 1 aromatic carbocycles. The topological polar surface area (TPSA) is 112 Å². The summed E-state index contributed by atoms with van der Waals surface area (Å²) in [6, 6.07) is 11.1. The second-order valence-corrected chi connectivity index (χ2v) is 11.7. The van der Waals surface area contributed by atoms with Crippen molar-refractivity contribution in [2.75, 3.05) is 26.1 Å². The predicted molar refractivity (Wildman–Crippen MR) is 175 cm³/mol. The number of aromatic nitrogens is 4. The van der Waals surface area contributed by atoms with E-state index < -0.39 is 29.0 Å². The van der Waals surface area contributed by atoms with Crippen molar-refractivity contribution >= 4 is 34.1 Å². The van der Waals surface area contributed by atoms with Gasteiger partial charge in [0.15, 0.2) is 5.65 Å². The number of fused-ring (bicyclic) bond motifs is 2. The summed E-state index contributed by atoms with van der Waals surface area (Å²) >= 11 is 0. The first-order chi connectivity index (χ1) is 22.7. The third-order valence-corrected chi connectivity index (χ3v) is 8.80. The van der Waals surface area contributed by atoms with Crippen LogP contribution in [0.2, 0.25) is 0 Å². The minimum atomic E-state index is -1.06. The lowest BCUT2D eigenvalue weighted by Crippen LogP contribution is -2.35. The van der Waals surface area contributed by atoms with E-state index in [1.54, 1.807) is 42.0 Å². The minimum absolute atomic E-state index is 0.198. The summed E-state index contributed by atoms with van der Waals surface area (Å²) in [4.78, 5) is 35.2. The Morgan fingerprint density at radius 2 is 1.77 bits per heavy atom. The number of halogens is 2. The molecule has 0 unspecified atom stereocenters. The van der Waals surface area contributed by atoms with Crippen LogP contribution in [0.15, 0.2) is 60.8 Å². The van der Waals surface area contributed by atoms with Crippen LogP contribution in [0.3, 0.4) is 0 Å². The molecule has 0 atom stereocenters. The number of hydrogen-bond acceptors (Lipinski definition) is 7. The van der Waals surface area contributed by atoms with Crippen molar-refractivity contribution in [2.45, 2.75) is 44.8 Å².